The fourth-order valence-electron chi connectivity index (χ4n) is 2.73. The number of amides is 1. The number of carbonyl (C=O) groups is 1. The van der Waals surface area contributed by atoms with Crippen molar-refractivity contribution >= 4 is 40.3 Å². The highest BCUT2D eigenvalue weighted by molar-refractivity contribution is 8.26. The molecule has 0 unspecified atom stereocenters. The van der Waals surface area contributed by atoms with E-state index in [1.165, 1.54) is 11.8 Å². The number of nitrogens with zero attached hydrogens (tertiary/aromatic N) is 1. The number of hydrogen-bond donors (Lipinski definition) is 0. The Balaban J connectivity index is 1.79. The van der Waals surface area contributed by atoms with Crippen LogP contribution in [-0.2, 0) is 11.3 Å². The highest BCUT2D eigenvalue weighted by Gasteiger charge is 2.32. The van der Waals surface area contributed by atoms with E-state index in [4.69, 9.17) is 21.7 Å². The van der Waals surface area contributed by atoms with Gasteiger partial charge in [-0.3, -0.25) is 9.69 Å². The minimum atomic E-state index is -0.0715. The van der Waals surface area contributed by atoms with E-state index in [-0.39, 0.29) is 12.0 Å². The Bertz CT molecular complexity index is 896. The van der Waals surface area contributed by atoms with Gasteiger partial charge in [-0.2, -0.15) is 0 Å². The number of thiocarbonyl (C=S) groups is 1. The van der Waals surface area contributed by atoms with Gasteiger partial charge in [0.1, 0.15) is 4.32 Å². The van der Waals surface area contributed by atoms with Crippen LogP contribution in [0.2, 0.25) is 0 Å². The zero-order valence-corrected chi connectivity index (χ0v) is 17.8. The number of carbonyl (C=O) groups excluding carboxylic acids is 1. The molecule has 3 rings (SSSR count). The van der Waals surface area contributed by atoms with Crippen LogP contribution < -0.4 is 9.47 Å². The topological polar surface area (TPSA) is 38.8 Å². The smallest absolute Gasteiger partial charge is 0.266 e. The van der Waals surface area contributed by atoms with E-state index in [1.807, 2.05) is 61.5 Å². The molecule has 0 aromatic heterocycles. The molecule has 1 fully saturated rings. The van der Waals surface area contributed by atoms with Gasteiger partial charge in [0.05, 0.1) is 24.7 Å². The second-order valence-corrected chi connectivity index (χ2v) is 8.18. The number of ether oxygens (including phenoxy) is 2. The molecule has 1 heterocycles. The zero-order chi connectivity index (χ0) is 20.1. The van der Waals surface area contributed by atoms with Crippen LogP contribution in [0.1, 0.15) is 31.4 Å². The predicted molar refractivity (Wildman–Crippen MR) is 119 cm³/mol. The van der Waals surface area contributed by atoms with Gasteiger partial charge in [-0.25, -0.2) is 0 Å². The van der Waals surface area contributed by atoms with Crippen molar-refractivity contribution in [2.24, 2.45) is 0 Å². The Morgan fingerprint density at radius 2 is 1.93 bits per heavy atom. The molecule has 28 heavy (non-hydrogen) atoms. The van der Waals surface area contributed by atoms with Gasteiger partial charge in [0, 0.05) is 0 Å². The van der Waals surface area contributed by atoms with Crippen LogP contribution in [0.5, 0.6) is 11.5 Å². The van der Waals surface area contributed by atoms with Gasteiger partial charge in [0.15, 0.2) is 11.5 Å². The van der Waals surface area contributed by atoms with E-state index in [2.05, 4.69) is 6.92 Å². The number of hydrogen-bond acceptors (Lipinski definition) is 5. The van der Waals surface area contributed by atoms with Gasteiger partial charge < -0.3 is 9.47 Å². The lowest BCUT2D eigenvalue weighted by Gasteiger charge is -2.16. The molecule has 1 atom stereocenters. The summed E-state index contributed by atoms with van der Waals surface area (Å²) in [6.45, 7) is 4.57. The van der Waals surface area contributed by atoms with E-state index in [9.17, 15) is 4.79 Å². The quantitative estimate of drug-likeness (QED) is 0.456. The van der Waals surface area contributed by atoms with Crippen molar-refractivity contribution in [1.82, 2.24) is 4.90 Å². The molecule has 1 saturated heterocycles. The van der Waals surface area contributed by atoms with E-state index >= 15 is 0 Å². The summed E-state index contributed by atoms with van der Waals surface area (Å²) >= 11 is 6.75. The first kappa shape index (κ1) is 20.4. The molecule has 0 N–H and O–H groups in total. The Morgan fingerprint density at radius 3 is 2.61 bits per heavy atom. The largest absolute Gasteiger partial charge is 0.493 e. The molecule has 2 aromatic carbocycles. The lowest BCUT2D eigenvalue weighted by atomic mass is 10.1. The molecule has 6 heteroatoms. The summed E-state index contributed by atoms with van der Waals surface area (Å²) in [4.78, 5) is 15.1. The van der Waals surface area contributed by atoms with Crippen molar-refractivity contribution in [3.63, 3.8) is 0 Å². The van der Waals surface area contributed by atoms with Gasteiger partial charge in [0.25, 0.3) is 5.91 Å². The van der Waals surface area contributed by atoms with Gasteiger partial charge in [-0.15, -0.1) is 0 Å². The fourth-order valence-corrected chi connectivity index (χ4v) is 3.98. The number of rotatable bonds is 7. The number of methoxy groups -OCH3 is 1. The summed E-state index contributed by atoms with van der Waals surface area (Å²) in [6.07, 6.45) is 2.86. The van der Waals surface area contributed by atoms with E-state index in [0.717, 1.165) is 17.5 Å². The summed E-state index contributed by atoms with van der Waals surface area (Å²) in [6, 6.07) is 15.5. The Kier molecular flexibility index (Phi) is 6.75. The van der Waals surface area contributed by atoms with Crippen LogP contribution >= 0.6 is 24.0 Å². The monoisotopic (exact) mass is 413 g/mol. The molecule has 1 amide bonds. The summed E-state index contributed by atoms with van der Waals surface area (Å²) in [5.41, 5.74) is 1.92. The van der Waals surface area contributed by atoms with Crippen molar-refractivity contribution < 1.29 is 14.3 Å². The maximum atomic E-state index is 12.8. The second-order valence-electron chi connectivity index (χ2n) is 6.50. The maximum absolute atomic E-state index is 12.8. The zero-order valence-electron chi connectivity index (χ0n) is 16.2. The summed E-state index contributed by atoms with van der Waals surface area (Å²) in [7, 11) is 1.61. The lowest BCUT2D eigenvalue weighted by molar-refractivity contribution is -0.122. The number of thioether (sulfide) groups is 1. The highest BCUT2D eigenvalue weighted by atomic mass is 32.2. The van der Waals surface area contributed by atoms with Crippen LogP contribution in [0.25, 0.3) is 6.08 Å². The molecular weight excluding hydrogens is 390 g/mol. The highest BCUT2D eigenvalue weighted by Crippen LogP contribution is 2.35. The maximum Gasteiger partial charge on any atom is 0.266 e. The SMILES string of the molecule is CC[C@@H](C)Oc1ccc(/C=C2/SC(=S)N(Cc3ccccc3)C2=O)cc1OC. The van der Waals surface area contributed by atoms with E-state index < -0.39 is 0 Å². The van der Waals surface area contributed by atoms with Crippen molar-refractivity contribution in [3.05, 3.63) is 64.6 Å². The van der Waals surface area contributed by atoms with Crippen molar-refractivity contribution in [3.8, 4) is 11.5 Å². The summed E-state index contributed by atoms with van der Waals surface area (Å²) in [5.74, 6) is 1.28. The Hall–Kier alpha value is -2.31. The first-order chi connectivity index (χ1) is 13.5. The first-order valence-electron chi connectivity index (χ1n) is 9.15. The van der Waals surface area contributed by atoms with Gasteiger partial charge in [0.2, 0.25) is 0 Å². The average Bonchev–Trinajstić information content (AvgIpc) is 2.97. The molecule has 0 spiro atoms. The third-order valence-electron chi connectivity index (χ3n) is 4.45. The summed E-state index contributed by atoms with van der Waals surface area (Å²) < 4.78 is 11.9. The molecule has 0 saturated carbocycles. The molecule has 1 aliphatic heterocycles. The van der Waals surface area contributed by atoms with Crippen LogP contribution in [0, 0.1) is 0 Å². The predicted octanol–water partition coefficient (Wildman–Crippen LogP) is 5.27. The fraction of sp³-hybridized carbons (Fsp3) is 0.273. The lowest BCUT2D eigenvalue weighted by Crippen LogP contribution is -2.27. The number of benzene rings is 2. The third-order valence-corrected chi connectivity index (χ3v) is 5.82. The average molecular weight is 414 g/mol. The van der Waals surface area contributed by atoms with Crippen LogP contribution in [0.4, 0.5) is 0 Å². The van der Waals surface area contributed by atoms with Crippen LogP contribution in [-0.4, -0.2) is 28.3 Å². The van der Waals surface area contributed by atoms with Gasteiger partial charge >= 0.3 is 0 Å². The van der Waals surface area contributed by atoms with Gasteiger partial charge in [-0.1, -0.05) is 67.3 Å². The van der Waals surface area contributed by atoms with Crippen molar-refractivity contribution in [1.29, 1.82) is 0 Å². The molecule has 2 aromatic rings. The van der Waals surface area contributed by atoms with E-state index in [1.54, 1.807) is 12.0 Å². The Morgan fingerprint density at radius 1 is 1.18 bits per heavy atom. The second kappa shape index (κ2) is 9.26. The summed E-state index contributed by atoms with van der Waals surface area (Å²) in [5, 5.41) is 0. The molecular formula is C22H23NO3S2. The molecule has 0 bridgehead atoms. The minimum Gasteiger partial charge on any atom is -0.493 e. The minimum absolute atomic E-state index is 0.0715. The normalized spacial score (nSPS) is 16.5. The van der Waals surface area contributed by atoms with Crippen LogP contribution in [0.15, 0.2) is 53.4 Å². The molecule has 1 aliphatic rings. The van der Waals surface area contributed by atoms with E-state index in [0.29, 0.717) is 27.3 Å². The molecule has 4 nitrogen and oxygen atoms in total. The van der Waals surface area contributed by atoms with Crippen molar-refractivity contribution in [2.75, 3.05) is 7.11 Å². The molecule has 0 aliphatic carbocycles. The standard InChI is InChI=1S/C22H23NO3S2/c1-4-15(2)26-18-11-10-17(12-19(18)25-3)13-20-21(24)23(22(27)28-20)14-16-8-6-5-7-9-16/h5-13,15H,4,14H2,1-3H3/b20-13+/t15-/m1/s1. The van der Waals surface area contributed by atoms with Crippen molar-refractivity contribution in [2.45, 2.75) is 32.9 Å². The third kappa shape index (κ3) is 4.75. The first-order valence-corrected chi connectivity index (χ1v) is 10.4. The van der Waals surface area contributed by atoms with Crippen LogP contribution in [0.3, 0.4) is 0 Å². The van der Waals surface area contributed by atoms with Gasteiger partial charge in [-0.05, 0) is 42.7 Å². The molecule has 0 radical (unpaired) electrons. The molecule has 146 valence electrons. The Labute approximate surface area is 175 Å².